The van der Waals surface area contributed by atoms with Crippen LogP contribution >= 0.6 is 0 Å². The van der Waals surface area contributed by atoms with Gasteiger partial charge in [-0.1, -0.05) is 5.21 Å². The van der Waals surface area contributed by atoms with Crippen LogP contribution in [0.5, 0.6) is 0 Å². The maximum Gasteiger partial charge on any atom is 0.276 e. The fourth-order valence-electron chi connectivity index (χ4n) is 4.80. The van der Waals surface area contributed by atoms with E-state index in [0.29, 0.717) is 11.7 Å². The molecule has 150 valence electrons. The fraction of sp³-hybridized carbons (Fsp3) is 0.842. The van der Waals surface area contributed by atoms with Crippen molar-refractivity contribution in [2.45, 2.75) is 63.8 Å². The number of aromatic nitrogens is 3. The molecule has 3 aliphatic rings. The van der Waals surface area contributed by atoms with Gasteiger partial charge >= 0.3 is 0 Å². The minimum absolute atomic E-state index is 0.0343. The molecule has 0 radical (unpaired) electrons. The third-order valence-corrected chi connectivity index (χ3v) is 6.01. The summed E-state index contributed by atoms with van der Waals surface area (Å²) in [6.45, 7) is 9.87. The van der Waals surface area contributed by atoms with E-state index in [9.17, 15) is 4.79 Å². The highest BCUT2D eigenvalue weighted by Gasteiger charge is 2.34. The normalized spacial score (nSPS) is 30.7. The quantitative estimate of drug-likeness (QED) is 0.842. The van der Waals surface area contributed by atoms with Crippen molar-refractivity contribution in [3.63, 3.8) is 0 Å². The number of piperidine rings is 1. The van der Waals surface area contributed by atoms with Gasteiger partial charge < -0.3 is 15.0 Å². The maximum atomic E-state index is 13.1. The minimum Gasteiger partial charge on any atom is -0.373 e. The Kier molecular flexibility index (Phi) is 5.75. The Labute approximate surface area is 161 Å². The number of nitrogens with one attached hydrogen (secondary N) is 1. The van der Waals surface area contributed by atoms with Crippen LogP contribution in [0, 0.1) is 0 Å². The van der Waals surface area contributed by atoms with Crippen LogP contribution < -0.4 is 5.32 Å². The van der Waals surface area contributed by atoms with Crippen LogP contribution in [0.1, 0.15) is 56.1 Å². The predicted octanol–water partition coefficient (Wildman–Crippen LogP) is 0.916. The molecule has 3 atom stereocenters. The summed E-state index contributed by atoms with van der Waals surface area (Å²) in [5.74, 6) is 0.0343. The zero-order valence-electron chi connectivity index (χ0n) is 16.5. The Hall–Kier alpha value is -1.51. The van der Waals surface area contributed by atoms with Gasteiger partial charge in [-0.15, -0.1) is 5.10 Å². The number of likely N-dealkylation sites (tertiary alicyclic amines) is 1. The van der Waals surface area contributed by atoms with E-state index in [2.05, 4.69) is 34.4 Å². The van der Waals surface area contributed by atoms with Crippen LogP contribution in [-0.2, 0) is 4.74 Å². The predicted molar refractivity (Wildman–Crippen MR) is 102 cm³/mol. The third kappa shape index (κ3) is 4.33. The Balaban J connectivity index is 1.39. The van der Waals surface area contributed by atoms with Crippen molar-refractivity contribution in [1.29, 1.82) is 0 Å². The molecule has 8 heteroatoms. The van der Waals surface area contributed by atoms with Crippen LogP contribution in [0.25, 0.3) is 0 Å². The lowest BCUT2D eigenvalue weighted by Crippen LogP contribution is -2.51. The number of carbonyl (C=O) groups is 1. The molecule has 0 aromatic carbocycles. The number of hydrogen-bond donors (Lipinski definition) is 1. The SMILES string of the molecule is CC1CN(CC2CCCN2C(=O)c2cn(C3CCNCC3)nn2)CC(C)O1. The second kappa shape index (κ2) is 8.24. The highest BCUT2D eigenvalue weighted by Crippen LogP contribution is 2.23. The second-order valence-electron chi connectivity index (χ2n) is 8.34. The number of morpholine rings is 1. The van der Waals surface area contributed by atoms with E-state index in [1.54, 1.807) is 0 Å². The summed E-state index contributed by atoms with van der Waals surface area (Å²) >= 11 is 0. The first kappa shape index (κ1) is 18.8. The molecule has 4 heterocycles. The topological polar surface area (TPSA) is 75.5 Å². The lowest BCUT2D eigenvalue weighted by molar-refractivity contribution is -0.0715. The molecule has 3 unspecified atom stereocenters. The largest absolute Gasteiger partial charge is 0.373 e. The van der Waals surface area contributed by atoms with Gasteiger partial charge in [0, 0.05) is 32.2 Å². The van der Waals surface area contributed by atoms with Crippen LogP contribution in [0.4, 0.5) is 0 Å². The summed E-state index contributed by atoms with van der Waals surface area (Å²) in [6, 6.07) is 0.616. The van der Waals surface area contributed by atoms with Gasteiger partial charge in [-0.2, -0.15) is 0 Å². The van der Waals surface area contributed by atoms with Crippen molar-refractivity contribution in [3.05, 3.63) is 11.9 Å². The molecule has 0 aliphatic carbocycles. The maximum absolute atomic E-state index is 13.1. The summed E-state index contributed by atoms with van der Waals surface area (Å²) < 4.78 is 7.73. The molecular formula is C19H32N6O2. The average molecular weight is 377 g/mol. The highest BCUT2D eigenvalue weighted by atomic mass is 16.5. The number of carbonyl (C=O) groups excluding carboxylic acids is 1. The van der Waals surface area contributed by atoms with Gasteiger partial charge in [0.1, 0.15) is 0 Å². The second-order valence-corrected chi connectivity index (χ2v) is 8.34. The minimum atomic E-state index is 0.0343. The first-order valence-corrected chi connectivity index (χ1v) is 10.4. The van der Waals surface area contributed by atoms with Gasteiger partial charge in [-0.05, 0) is 52.6 Å². The van der Waals surface area contributed by atoms with Crippen molar-refractivity contribution < 1.29 is 9.53 Å². The summed E-state index contributed by atoms with van der Waals surface area (Å²) in [5, 5.41) is 11.8. The molecule has 27 heavy (non-hydrogen) atoms. The number of ether oxygens (including phenoxy) is 1. The smallest absolute Gasteiger partial charge is 0.276 e. The van der Waals surface area contributed by atoms with E-state index >= 15 is 0 Å². The number of rotatable bonds is 4. The van der Waals surface area contributed by atoms with Gasteiger partial charge in [0.25, 0.3) is 5.91 Å². The summed E-state index contributed by atoms with van der Waals surface area (Å²) in [6.07, 6.45) is 6.57. The van der Waals surface area contributed by atoms with Gasteiger partial charge in [-0.25, -0.2) is 4.68 Å². The number of hydrogen-bond acceptors (Lipinski definition) is 6. The van der Waals surface area contributed by atoms with Crippen molar-refractivity contribution in [2.75, 3.05) is 39.3 Å². The third-order valence-electron chi connectivity index (χ3n) is 6.01. The lowest BCUT2D eigenvalue weighted by Gasteiger charge is -2.38. The average Bonchev–Trinajstić information content (AvgIpc) is 3.31. The van der Waals surface area contributed by atoms with E-state index in [4.69, 9.17) is 4.74 Å². The number of nitrogens with zero attached hydrogens (tertiary/aromatic N) is 5. The van der Waals surface area contributed by atoms with E-state index in [0.717, 1.165) is 65.0 Å². The van der Waals surface area contributed by atoms with Gasteiger partial charge in [0.2, 0.25) is 0 Å². The molecule has 1 aromatic rings. The van der Waals surface area contributed by atoms with Crippen molar-refractivity contribution >= 4 is 5.91 Å². The molecule has 3 saturated heterocycles. The van der Waals surface area contributed by atoms with E-state index in [-0.39, 0.29) is 24.2 Å². The van der Waals surface area contributed by atoms with Gasteiger partial charge in [0.05, 0.1) is 24.4 Å². The van der Waals surface area contributed by atoms with Gasteiger partial charge in [0.15, 0.2) is 5.69 Å². The summed E-state index contributed by atoms with van der Waals surface area (Å²) in [7, 11) is 0. The molecule has 1 N–H and O–H groups in total. The molecule has 3 aliphatic heterocycles. The van der Waals surface area contributed by atoms with Gasteiger partial charge in [-0.3, -0.25) is 9.69 Å². The Morgan fingerprint density at radius 2 is 1.96 bits per heavy atom. The van der Waals surface area contributed by atoms with Crippen molar-refractivity contribution in [3.8, 4) is 0 Å². The first-order valence-electron chi connectivity index (χ1n) is 10.4. The van der Waals surface area contributed by atoms with Crippen LogP contribution in [0.15, 0.2) is 6.20 Å². The standard InChI is InChI=1S/C19H32N6O2/c1-14-10-23(11-15(2)27-14)12-17-4-3-9-24(17)19(26)18-13-25(22-21-18)16-5-7-20-8-6-16/h13-17,20H,3-12H2,1-2H3. The Morgan fingerprint density at radius 1 is 1.22 bits per heavy atom. The molecule has 8 nitrogen and oxygen atoms in total. The molecule has 0 spiro atoms. The monoisotopic (exact) mass is 376 g/mol. The zero-order valence-corrected chi connectivity index (χ0v) is 16.5. The molecule has 0 saturated carbocycles. The molecule has 0 bridgehead atoms. The fourth-order valence-corrected chi connectivity index (χ4v) is 4.80. The summed E-state index contributed by atoms with van der Waals surface area (Å²) in [4.78, 5) is 17.5. The van der Waals surface area contributed by atoms with E-state index in [1.807, 2.05) is 15.8 Å². The number of amides is 1. The van der Waals surface area contributed by atoms with Crippen LogP contribution in [-0.4, -0.2) is 88.2 Å². The first-order chi connectivity index (χ1) is 13.1. The van der Waals surface area contributed by atoms with Crippen molar-refractivity contribution in [1.82, 2.24) is 30.1 Å². The van der Waals surface area contributed by atoms with E-state index < -0.39 is 0 Å². The van der Waals surface area contributed by atoms with Crippen LogP contribution in [0.2, 0.25) is 0 Å². The molecule has 1 amide bonds. The lowest BCUT2D eigenvalue weighted by atomic mass is 10.1. The highest BCUT2D eigenvalue weighted by molar-refractivity contribution is 5.92. The van der Waals surface area contributed by atoms with Crippen molar-refractivity contribution in [2.24, 2.45) is 0 Å². The molecule has 4 rings (SSSR count). The van der Waals surface area contributed by atoms with E-state index in [1.165, 1.54) is 0 Å². The summed E-state index contributed by atoms with van der Waals surface area (Å²) in [5.41, 5.74) is 0.490. The molecular weight excluding hydrogens is 344 g/mol. The molecule has 3 fully saturated rings. The van der Waals surface area contributed by atoms with Crippen LogP contribution in [0.3, 0.4) is 0 Å². The molecule has 1 aromatic heterocycles. The Morgan fingerprint density at radius 3 is 2.70 bits per heavy atom. The Bertz CT molecular complexity index is 634. The zero-order chi connectivity index (χ0) is 18.8.